The standard InChI is InChI=1S/C27H35FN5O5S/c28-24-8-10-25(11-9-24)30-15-17-32(18-16-30)39(37,38)20-26(33(36)21-34)23-7-4-14-31(19-23)27(35)29-13-12-22-5-2-1-3-6-22/h1-3,5-6,8-11,21,23,26H,4,7,12-20H2,(H,29,35)/q-1. The minimum Gasteiger partial charge on any atom is -0.756 e. The van der Waals surface area contributed by atoms with Crippen molar-refractivity contribution >= 4 is 28.2 Å². The predicted molar refractivity (Wildman–Crippen MR) is 147 cm³/mol. The Balaban J connectivity index is 1.33. The maximum Gasteiger partial charge on any atom is 0.317 e. The summed E-state index contributed by atoms with van der Waals surface area (Å²) in [5.41, 5.74) is 1.91. The molecule has 0 bridgehead atoms. The fraction of sp³-hybridized carbons (Fsp3) is 0.481. The van der Waals surface area contributed by atoms with Crippen LogP contribution in [0.25, 0.3) is 0 Å². The summed E-state index contributed by atoms with van der Waals surface area (Å²) < 4.78 is 41.2. The van der Waals surface area contributed by atoms with E-state index in [1.165, 1.54) is 16.4 Å². The Morgan fingerprint density at radius 1 is 1.08 bits per heavy atom. The van der Waals surface area contributed by atoms with Crippen LogP contribution < -0.4 is 10.2 Å². The number of piperidine rings is 1. The summed E-state index contributed by atoms with van der Waals surface area (Å²) in [5, 5.41) is 15.6. The zero-order chi connectivity index (χ0) is 27.8. The third-order valence-electron chi connectivity index (χ3n) is 7.46. The van der Waals surface area contributed by atoms with E-state index < -0.39 is 27.7 Å². The number of sulfonamides is 1. The van der Waals surface area contributed by atoms with Gasteiger partial charge in [-0.1, -0.05) is 30.3 Å². The summed E-state index contributed by atoms with van der Waals surface area (Å²) in [6.07, 6.45) is 1.94. The van der Waals surface area contributed by atoms with Crippen LogP contribution in [-0.2, 0) is 21.2 Å². The van der Waals surface area contributed by atoms with E-state index in [9.17, 15) is 27.6 Å². The van der Waals surface area contributed by atoms with Crippen LogP contribution in [0.5, 0.6) is 0 Å². The van der Waals surface area contributed by atoms with Crippen LogP contribution in [-0.4, -0.2) is 92.7 Å². The molecule has 10 nitrogen and oxygen atoms in total. The van der Waals surface area contributed by atoms with Crippen molar-refractivity contribution < 1.29 is 22.4 Å². The molecule has 0 radical (unpaired) electrons. The number of anilines is 1. The van der Waals surface area contributed by atoms with Gasteiger partial charge in [0.15, 0.2) is 6.41 Å². The molecule has 212 valence electrons. The van der Waals surface area contributed by atoms with E-state index in [-0.39, 0.29) is 43.0 Å². The summed E-state index contributed by atoms with van der Waals surface area (Å²) in [5.74, 6) is -1.30. The molecule has 2 unspecified atom stereocenters. The number of rotatable bonds is 10. The number of hydroxylamine groups is 2. The molecule has 2 aromatic rings. The summed E-state index contributed by atoms with van der Waals surface area (Å²) in [7, 11) is -3.85. The molecule has 0 spiro atoms. The molecule has 2 heterocycles. The van der Waals surface area contributed by atoms with E-state index in [1.54, 1.807) is 17.0 Å². The molecular formula is C27H35FN5O5S-. The summed E-state index contributed by atoms with van der Waals surface area (Å²) in [6, 6.07) is 14.5. The quantitative estimate of drug-likeness (QED) is 0.352. The van der Waals surface area contributed by atoms with Gasteiger partial charge < -0.3 is 25.4 Å². The van der Waals surface area contributed by atoms with E-state index in [4.69, 9.17) is 0 Å². The first-order valence-corrected chi connectivity index (χ1v) is 14.8. The molecule has 12 heteroatoms. The fourth-order valence-electron chi connectivity index (χ4n) is 5.27. The van der Waals surface area contributed by atoms with Gasteiger partial charge in [0.2, 0.25) is 10.0 Å². The molecule has 2 saturated heterocycles. The molecule has 2 fully saturated rings. The number of carbonyl (C=O) groups excluding carboxylic acids is 2. The van der Waals surface area contributed by atoms with Crippen molar-refractivity contribution in [2.45, 2.75) is 25.3 Å². The molecule has 2 aliphatic rings. The Hall–Kier alpha value is -3.22. The number of benzene rings is 2. The van der Waals surface area contributed by atoms with Crippen LogP contribution in [0.15, 0.2) is 54.6 Å². The number of halogens is 1. The number of nitrogens with one attached hydrogen (secondary N) is 1. The number of hydrogen-bond donors (Lipinski definition) is 1. The van der Waals surface area contributed by atoms with Gasteiger partial charge in [-0.2, -0.15) is 4.31 Å². The van der Waals surface area contributed by atoms with Crippen molar-refractivity contribution in [3.05, 3.63) is 71.2 Å². The Bertz CT molecular complexity index is 1190. The van der Waals surface area contributed by atoms with Gasteiger partial charge in [-0.3, -0.25) is 4.79 Å². The largest absolute Gasteiger partial charge is 0.756 e. The number of hydrogen-bond acceptors (Lipinski definition) is 6. The third kappa shape index (κ3) is 7.68. The number of likely N-dealkylation sites (tertiary alicyclic amines) is 1. The van der Waals surface area contributed by atoms with Gasteiger partial charge in [0.1, 0.15) is 5.82 Å². The maximum atomic E-state index is 13.3. The van der Waals surface area contributed by atoms with Crippen molar-refractivity contribution in [2.24, 2.45) is 5.92 Å². The SMILES string of the molecule is O=CN([O-])C(CS(=O)(=O)N1CCN(c2ccc(F)cc2)CC1)C1CCCN(C(=O)NCCc2ccccc2)C1. The normalized spacial score (nSPS) is 19.4. The number of carbonyl (C=O) groups is 2. The molecule has 4 rings (SSSR count). The van der Waals surface area contributed by atoms with Crippen molar-refractivity contribution in [2.75, 3.05) is 56.5 Å². The zero-order valence-corrected chi connectivity index (χ0v) is 22.6. The van der Waals surface area contributed by atoms with E-state index in [1.807, 2.05) is 35.2 Å². The van der Waals surface area contributed by atoms with Crippen LogP contribution in [0.4, 0.5) is 14.9 Å². The molecule has 3 amide bonds. The molecule has 0 aromatic heterocycles. The maximum absolute atomic E-state index is 13.3. The lowest BCUT2D eigenvalue weighted by Crippen LogP contribution is -2.55. The number of amides is 3. The van der Waals surface area contributed by atoms with Crippen LogP contribution in [0.1, 0.15) is 18.4 Å². The van der Waals surface area contributed by atoms with Crippen LogP contribution in [0.3, 0.4) is 0 Å². The third-order valence-corrected chi connectivity index (χ3v) is 9.37. The number of piperazine rings is 1. The second kappa shape index (κ2) is 13.2. The Morgan fingerprint density at radius 3 is 2.44 bits per heavy atom. The fourth-order valence-corrected chi connectivity index (χ4v) is 7.05. The van der Waals surface area contributed by atoms with E-state index >= 15 is 0 Å². The summed E-state index contributed by atoms with van der Waals surface area (Å²) in [6.45, 7) is 2.42. The highest BCUT2D eigenvalue weighted by Gasteiger charge is 2.36. The van der Waals surface area contributed by atoms with Gasteiger partial charge in [0, 0.05) is 57.5 Å². The van der Waals surface area contributed by atoms with Crippen molar-refractivity contribution in [1.82, 2.24) is 19.6 Å². The lowest BCUT2D eigenvalue weighted by molar-refractivity contribution is -0.118. The first-order chi connectivity index (χ1) is 18.8. The Labute approximate surface area is 229 Å². The minimum absolute atomic E-state index is 0.117. The highest BCUT2D eigenvalue weighted by Crippen LogP contribution is 2.26. The molecule has 2 aromatic carbocycles. The minimum atomic E-state index is -3.85. The van der Waals surface area contributed by atoms with Gasteiger partial charge in [-0.25, -0.2) is 17.6 Å². The van der Waals surface area contributed by atoms with Gasteiger partial charge in [-0.05, 0) is 55.0 Å². The van der Waals surface area contributed by atoms with Gasteiger partial charge in [-0.15, -0.1) is 0 Å². The average molecular weight is 561 g/mol. The highest BCUT2D eigenvalue weighted by atomic mass is 32.2. The summed E-state index contributed by atoms with van der Waals surface area (Å²) in [4.78, 5) is 27.8. The van der Waals surface area contributed by atoms with Crippen molar-refractivity contribution in [3.63, 3.8) is 0 Å². The van der Waals surface area contributed by atoms with Crippen molar-refractivity contribution in [3.8, 4) is 0 Å². The molecule has 0 saturated carbocycles. The molecule has 39 heavy (non-hydrogen) atoms. The second-order valence-corrected chi connectivity index (χ2v) is 12.0. The van der Waals surface area contributed by atoms with Crippen LogP contribution >= 0.6 is 0 Å². The first-order valence-electron chi connectivity index (χ1n) is 13.2. The lowest BCUT2D eigenvalue weighted by atomic mass is 9.91. The van der Waals surface area contributed by atoms with Gasteiger partial charge >= 0.3 is 6.03 Å². The summed E-state index contributed by atoms with van der Waals surface area (Å²) >= 11 is 0. The lowest BCUT2D eigenvalue weighted by Gasteiger charge is -2.44. The predicted octanol–water partition coefficient (Wildman–Crippen LogP) is 2.27. The van der Waals surface area contributed by atoms with Crippen molar-refractivity contribution in [1.29, 1.82) is 0 Å². The second-order valence-electron chi connectivity index (χ2n) is 9.99. The van der Waals surface area contributed by atoms with Crippen LogP contribution in [0, 0.1) is 16.9 Å². The van der Waals surface area contributed by atoms with Gasteiger partial charge in [0.25, 0.3) is 0 Å². The van der Waals surface area contributed by atoms with E-state index in [0.29, 0.717) is 45.4 Å². The molecule has 1 N–H and O–H groups in total. The topological polar surface area (TPSA) is 116 Å². The monoisotopic (exact) mass is 560 g/mol. The van der Waals surface area contributed by atoms with E-state index in [2.05, 4.69) is 5.32 Å². The van der Waals surface area contributed by atoms with Gasteiger partial charge in [0.05, 0.1) is 5.75 Å². The zero-order valence-electron chi connectivity index (χ0n) is 21.8. The Morgan fingerprint density at radius 2 is 1.77 bits per heavy atom. The van der Waals surface area contributed by atoms with E-state index in [0.717, 1.165) is 11.3 Å². The number of urea groups is 1. The van der Waals surface area contributed by atoms with Crippen LogP contribution in [0.2, 0.25) is 0 Å². The number of nitrogens with zero attached hydrogens (tertiary/aromatic N) is 4. The first kappa shape index (κ1) is 28.8. The smallest absolute Gasteiger partial charge is 0.317 e. The molecule has 0 aliphatic carbocycles. The highest BCUT2D eigenvalue weighted by molar-refractivity contribution is 7.89. The molecule has 2 atom stereocenters. The molecule has 2 aliphatic heterocycles. The molecular weight excluding hydrogens is 525 g/mol. The Kier molecular flexibility index (Phi) is 9.76. The average Bonchev–Trinajstić information content (AvgIpc) is 2.96.